The van der Waals surface area contributed by atoms with Crippen LogP contribution in [-0.2, 0) is 0 Å². The number of hydrogen-bond acceptors (Lipinski definition) is 4. The first-order valence-electron chi connectivity index (χ1n) is 8.27. The fraction of sp³-hybridized carbons (Fsp3) is 0.250. The molecule has 3 aromatic rings. The van der Waals surface area contributed by atoms with Gasteiger partial charge in [-0.15, -0.1) is 0 Å². The zero-order chi connectivity index (χ0) is 19.1. The van der Waals surface area contributed by atoms with Crippen molar-refractivity contribution in [2.45, 2.75) is 20.8 Å². The first-order valence-corrected chi connectivity index (χ1v) is 8.27. The Kier molecular flexibility index (Phi) is 4.28. The Morgan fingerprint density at radius 3 is 2.31 bits per heavy atom. The zero-order valence-electron chi connectivity index (χ0n) is 15.2. The number of phenolic OH excluding ortho intramolecular Hbond substituents is 1. The van der Waals surface area contributed by atoms with Crippen LogP contribution in [0.3, 0.4) is 0 Å². The molecule has 0 unspecified atom stereocenters. The fourth-order valence-electron chi connectivity index (χ4n) is 2.59. The molecule has 1 aromatic carbocycles. The first-order chi connectivity index (χ1) is 12.2. The van der Waals surface area contributed by atoms with Gasteiger partial charge in [-0.25, -0.2) is 4.98 Å². The smallest absolute Gasteiger partial charge is 0.258 e. The van der Waals surface area contributed by atoms with Crippen LogP contribution in [0.25, 0.3) is 5.65 Å². The monoisotopic (exact) mass is 351 g/mol. The lowest BCUT2D eigenvalue weighted by molar-refractivity contribution is 0.0853. The predicted molar refractivity (Wildman–Crippen MR) is 99.8 cm³/mol. The second-order valence-corrected chi connectivity index (χ2v) is 7.27. The summed E-state index contributed by atoms with van der Waals surface area (Å²) in [5.41, 5.74) is 1.68. The van der Waals surface area contributed by atoms with Gasteiger partial charge in [0.15, 0.2) is 5.78 Å². The number of phenols is 1. The molecule has 0 fully saturated rings. The number of Topliss-reactive ketones (excluding diaryl/α,β-unsaturated/α-hetero) is 1. The van der Waals surface area contributed by atoms with E-state index in [1.54, 1.807) is 48.1 Å². The van der Waals surface area contributed by atoms with E-state index >= 15 is 0 Å². The number of hydrogen-bond donors (Lipinski definition) is 1. The van der Waals surface area contributed by atoms with Gasteiger partial charge >= 0.3 is 0 Å². The highest BCUT2D eigenvalue weighted by molar-refractivity contribution is 6.05. The maximum absolute atomic E-state index is 12.6. The summed E-state index contributed by atoms with van der Waals surface area (Å²) in [7, 11) is 1.68. The number of fused-ring (bicyclic) bond motifs is 1. The third kappa shape index (κ3) is 3.31. The molecule has 0 aliphatic heterocycles. The van der Waals surface area contributed by atoms with Crippen LogP contribution in [-0.4, -0.2) is 33.2 Å². The molecular weight excluding hydrogens is 330 g/mol. The minimum absolute atomic E-state index is 0.0312. The molecule has 1 N–H and O–H groups in total. The van der Waals surface area contributed by atoms with Gasteiger partial charge in [-0.1, -0.05) is 20.8 Å². The maximum atomic E-state index is 12.6. The van der Waals surface area contributed by atoms with Gasteiger partial charge in [0, 0.05) is 30.4 Å². The predicted octanol–water partition coefficient (Wildman–Crippen LogP) is 3.55. The average Bonchev–Trinajstić information content (AvgIpc) is 3.02. The van der Waals surface area contributed by atoms with E-state index in [1.807, 2.05) is 20.8 Å². The molecular formula is C20H21N3O3. The van der Waals surface area contributed by atoms with E-state index in [0.29, 0.717) is 22.6 Å². The Labute approximate surface area is 151 Å². The Balaban J connectivity index is 1.92. The number of ketones is 1. The van der Waals surface area contributed by atoms with Crippen LogP contribution in [0.15, 0.2) is 48.8 Å². The zero-order valence-corrected chi connectivity index (χ0v) is 15.2. The van der Waals surface area contributed by atoms with E-state index in [-0.39, 0.29) is 17.4 Å². The average molecular weight is 351 g/mol. The molecule has 134 valence electrons. The lowest BCUT2D eigenvalue weighted by atomic mass is 9.89. The van der Waals surface area contributed by atoms with Gasteiger partial charge in [0.05, 0.1) is 5.69 Å². The lowest BCUT2D eigenvalue weighted by Crippen LogP contribution is -2.26. The number of carbonyl (C=O) groups excluding carboxylic acids is 2. The number of carbonyl (C=O) groups is 2. The summed E-state index contributed by atoms with van der Waals surface area (Å²) in [6.45, 7) is 5.57. The van der Waals surface area contributed by atoms with Crippen LogP contribution in [0.1, 0.15) is 41.6 Å². The van der Waals surface area contributed by atoms with Crippen molar-refractivity contribution >= 4 is 23.0 Å². The summed E-state index contributed by atoms with van der Waals surface area (Å²) in [5, 5.41) is 9.35. The molecule has 6 heteroatoms. The minimum Gasteiger partial charge on any atom is -0.508 e. The number of rotatable bonds is 3. The van der Waals surface area contributed by atoms with E-state index in [2.05, 4.69) is 4.98 Å². The van der Waals surface area contributed by atoms with Gasteiger partial charge in [0.25, 0.3) is 5.91 Å². The number of pyridine rings is 1. The van der Waals surface area contributed by atoms with Gasteiger partial charge in [-0.2, -0.15) is 0 Å². The number of aromatic nitrogens is 2. The van der Waals surface area contributed by atoms with E-state index in [9.17, 15) is 14.7 Å². The van der Waals surface area contributed by atoms with Crippen molar-refractivity contribution in [3.8, 4) is 5.75 Å². The van der Waals surface area contributed by atoms with E-state index < -0.39 is 5.41 Å². The number of anilines is 1. The van der Waals surface area contributed by atoms with Crippen molar-refractivity contribution in [3.63, 3.8) is 0 Å². The van der Waals surface area contributed by atoms with Gasteiger partial charge in [-0.3, -0.25) is 9.59 Å². The largest absolute Gasteiger partial charge is 0.508 e. The second kappa shape index (κ2) is 6.29. The van der Waals surface area contributed by atoms with E-state index in [0.717, 1.165) is 0 Å². The molecule has 2 heterocycles. The molecule has 2 aromatic heterocycles. The molecule has 0 radical (unpaired) electrons. The molecule has 0 atom stereocenters. The van der Waals surface area contributed by atoms with Crippen LogP contribution in [0, 0.1) is 5.41 Å². The molecule has 0 aliphatic carbocycles. The molecule has 3 rings (SSSR count). The topological polar surface area (TPSA) is 74.9 Å². The van der Waals surface area contributed by atoms with Crippen molar-refractivity contribution in [1.29, 1.82) is 0 Å². The molecule has 0 saturated heterocycles. The maximum Gasteiger partial charge on any atom is 0.258 e. The highest BCUT2D eigenvalue weighted by Gasteiger charge is 2.25. The number of benzene rings is 1. The highest BCUT2D eigenvalue weighted by Crippen LogP contribution is 2.23. The van der Waals surface area contributed by atoms with Crippen molar-refractivity contribution in [2.75, 3.05) is 11.9 Å². The van der Waals surface area contributed by atoms with Gasteiger partial charge in [0.1, 0.15) is 17.1 Å². The quantitative estimate of drug-likeness (QED) is 0.732. The van der Waals surface area contributed by atoms with Gasteiger partial charge < -0.3 is 14.4 Å². The summed E-state index contributed by atoms with van der Waals surface area (Å²) < 4.78 is 1.74. The number of nitrogens with zero attached hydrogens (tertiary/aromatic N) is 3. The first kappa shape index (κ1) is 17.7. The SMILES string of the molecule is CN(C(=O)c1ccc(O)cc1)c1ccc2nc(C(=O)C(C)(C)C)cn2c1. The highest BCUT2D eigenvalue weighted by atomic mass is 16.3. The van der Waals surface area contributed by atoms with Crippen LogP contribution in [0.5, 0.6) is 5.75 Å². The summed E-state index contributed by atoms with van der Waals surface area (Å²) in [5.74, 6) is -0.119. The van der Waals surface area contributed by atoms with E-state index in [4.69, 9.17) is 0 Å². The summed E-state index contributed by atoms with van der Waals surface area (Å²) in [6, 6.07) is 9.66. The van der Waals surface area contributed by atoms with E-state index in [1.165, 1.54) is 17.0 Å². The molecule has 6 nitrogen and oxygen atoms in total. The molecule has 1 amide bonds. The molecule has 0 spiro atoms. The van der Waals surface area contributed by atoms with Gasteiger partial charge in [-0.05, 0) is 36.4 Å². The van der Waals surface area contributed by atoms with Crippen LogP contribution >= 0.6 is 0 Å². The summed E-state index contributed by atoms with van der Waals surface area (Å²) >= 11 is 0. The van der Waals surface area contributed by atoms with Crippen LogP contribution in [0.4, 0.5) is 5.69 Å². The van der Waals surface area contributed by atoms with Crippen molar-refractivity contribution < 1.29 is 14.7 Å². The Hall–Kier alpha value is -3.15. The third-order valence-corrected chi connectivity index (χ3v) is 4.16. The van der Waals surface area contributed by atoms with Crippen LogP contribution in [0.2, 0.25) is 0 Å². The number of amides is 1. The Morgan fingerprint density at radius 2 is 1.69 bits per heavy atom. The van der Waals surface area contributed by atoms with Crippen LogP contribution < -0.4 is 4.90 Å². The Morgan fingerprint density at radius 1 is 1.04 bits per heavy atom. The number of imidazole rings is 1. The Bertz CT molecular complexity index is 982. The summed E-state index contributed by atoms with van der Waals surface area (Å²) in [6.07, 6.45) is 3.45. The molecule has 0 aliphatic rings. The van der Waals surface area contributed by atoms with Gasteiger partial charge in [0.2, 0.25) is 0 Å². The third-order valence-electron chi connectivity index (χ3n) is 4.16. The normalized spacial score (nSPS) is 11.5. The van der Waals surface area contributed by atoms with Crippen molar-refractivity contribution in [1.82, 2.24) is 9.38 Å². The number of aromatic hydroxyl groups is 1. The minimum atomic E-state index is -0.508. The molecule has 0 saturated carbocycles. The molecule has 26 heavy (non-hydrogen) atoms. The fourth-order valence-corrected chi connectivity index (χ4v) is 2.59. The second-order valence-electron chi connectivity index (χ2n) is 7.27. The van der Waals surface area contributed by atoms with Crippen molar-refractivity contribution in [2.24, 2.45) is 5.41 Å². The molecule has 0 bridgehead atoms. The lowest BCUT2D eigenvalue weighted by Gasteiger charge is -2.17. The van der Waals surface area contributed by atoms with Crippen molar-refractivity contribution in [3.05, 3.63) is 60.0 Å². The summed E-state index contributed by atoms with van der Waals surface area (Å²) in [4.78, 5) is 30.9. The standard InChI is InChI=1S/C20H21N3O3/c1-20(2,3)18(25)16-12-23-11-14(7-10-17(23)21-16)22(4)19(26)13-5-8-15(24)9-6-13/h5-12,24H,1-4H3.